The molecule has 0 saturated heterocycles. The van der Waals surface area contributed by atoms with Crippen molar-refractivity contribution in [2.75, 3.05) is 12.3 Å². The van der Waals surface area contributed by atoms with Gasteiger partial charge in [-0.1, -0.05) is 0 Å². The molecule has 3 rings (SSSR count). The van der Waals surface area contributed by atoms with Crippen molar-refractivity contribution in [1.82, 2.24) is 4.98 Å². The first-order valence-corrected chi connectivity index (χ1v) is 5.49. The first-order valence-electron chi connectivity index (χ1n) is 6.99. The largest absolute Gasteiger partial charge is 0.508 e. The number of fused-ring (bicyclic) bond motifs is 1. The van der Waals surface area contributed by atoms with Crippen LogP contribution in [0.5, 0.6) is 5.75 Å². The molecule has 2 aromatic heterocycles. The van der Waals surface area contributed by atoms with E-state index in [2.05, 4.69) is 10.3 Å². The zero-order valence-electron chi connectivity index (χ0n) is 12.6. The highest BCUT2D eigenvalue weighted by atomic mass is 18.2. The van der Waals surface area contributed by atoms with Gasteiger partial charge < -0.3 is 14.8 Å². The molecular formula is C14H11FN2O2. The standard InChI is InChI=1S/C14H11FN2O2/c1-16-13-5-3-10(14(15)17-13)12-7-8-6-9(18)2-4-11(8)19-12/h2-7,18H,1H3,(H,16,17)/i1D3,15-1. The van der Waals surface area contributed by atoms with E-state index in [4.69, 9.17) is 8.53 Å². The molecule has 2 N–H and O–H groups in total. The van der Waals surface area contributed by atoms with Gasteiger partial charge in [0.15, 0.2) is 0 Å². The molecule has 19 heavy (non-hydrogen) atoms. The van der Waals surface area contributed by atoms with Crippen molar-refractivity contribution in [3.63, 3.8) is 0 Å². The van der Waals surface area contributed by atoms with Gasteiger partial charge in [0.25, 0.3) is 0 Å². The second-order valence-electron chi connectivity index (χ2n) is 3.99. The first kappa shape index (κ1) is 8.53. The summed E-state index contributed by atoms with van der Waals surface area (Å²) in [5.74, 6) is -0.616. The fourth-order valence-corrected chi connectivity index (χ4v) is 1.85. The lowest BCUT2D eigenvalue weighted by molar-refractivity contribution is 0.476. The Hall–Kier alpha value is -2.56. The smallest absolute Gasteiger partial charge is 0.225 e. The number of pyridine rings is 1. The maximum Gasteiger partial charge on any atom is 0.225 e. The number of anilines is 1. The maximum absolute atomic E-state index is 14.1. The summed E-state index contributed by atoms with van der Waals surface area (Å²) in [5.41, 5.74) is 0.601. The summed E-state index contributed by atoms with van der Waals surface area (Å²) < 4.78 is 40.8. The van der Waals surface area contributed by atoms with Crippen LogP contribution < -0.4 is 5.32 Å². The molecule has 0 amide bonds. The average Bonchev–Trinajstić information content (AvgIpc) is 2.79. The Kier molecular flexibility index (Phi) is 1.92. The summed E-state index contributed by atoms with van der Waals surface area (Å²) in [5, 5.41) is 12.2. The predicted molar refractivity (Wildman–Crippen MR) is 70.6 cm³/mol. The van der Waals surface area contributed by atoms with Crippen LogP contribution in [0, 0.1) is 5.95 Å². The highest BCUT2D eigenvalue weighted by Gasteiger charge is 2.12. The lowest BCUT2D eigenvalue weighted by atomic mass is 10.2. The van der Waals surface area contributed by atoms with Crippen molar-refractivity contribution >= 4 is 16.8 Å². The summed E-state index contributed by atoms with van der Waals surface area (Å²) in [7, 11) is 0. The molecule has 0 aliphatic rings. The van der Waals surface area contributed by atoms with E-state index in [1.807, 2.05) is 0 Å². The number of hydrogen-bond donors (Lipinski definition) is 2. The molecule has 0 aliphatic carbocycles. The van der Waals surface area contributed by atoms with Gasteiger partial charge in [0.1, 0.15) is 22.9 Å². The highest BCUT2D eigenvalue weighted by molar-refractivity contribution is 5.84. The zero-order valence-corrected chi connectivity index (χ0v) is 9.64. The van der Waals surface area contributed by atoms with Gasteiger partial charge >= 0.3 is 0 Å². The van der Waals surface area contributed by atoms with Crippen molar-refractivity contribution in [3.05, 3.63) is 42.3 Å². The fourth-order valence-electron chi connectivity index (χ4n) is 1.85. The quantitative estimate of drug-likeness (QED) is 0.693. The van der Waals surface area contributed by atoms with Crippen molar-refractivity contribution in [2.45, 2.75) is 0 Å². The summed E-state index contributed by atoms with van der Waals surface area (Å²) in [6.45, 7) is -2.45. The van der Waals surface area contributed by atoms with E-state index in [1.54, 1.807) is 12.1 Å². The van der Waals surface area contributed by atoms with Crippen molar-refractivity contribution in [1.29, 1.82) is 0 Å². The number of nitrogens with one attached hydrogen (secondary N) is 1. The van der Waals surface area contributed by atoms with Crippen LogP contribution in [-0.4, -0.2) is 17.1 Å². The van der Waals surface area contributed by atoms with Crippen molar-refractivity contribution in [3.8, 4) is 17.1 Å². The van der Waals surface area contributed by atoms with Crippen LogP contribution in [0.4, 0.5) is 10.2 Å². The van der Waals surface area contributed by atoms with Crippen LogP contribution in [0.1, 0.15) is 4.11 Å². The third-order valence-electron chi connectivity index (χ3n) is 2.74. The number of halogens is 1. The number of phenolic OH excluding ortho intramolecular Hbond substituents is 1. The minimum absolute atomic E-state index is 0.0793. The van der Waals surface area contributed by atoms with E-state index in [9.17, 15) is 9.50 Å². The van der Waals surface area contributed by atoms with E-state index < -0.39 is 12.9 Å². The molecule has 3 aromatic rings. The molecule has 0 saturated carbocycles. The molecule has 0 spiro atoms. The Labute approximate surface area is 112 Å². The lowest BCUT2D eigenvalue weighted by Gasteiger charge is -2.01. The fraction of sp³-hybridized carbons (Fsp3) is 0.0714. The van der Waals surface area contributed by atoms with Crippen LogP contribution in [0.3, 0.4) is 0 Å². The number of furan rings is 1. The number of nitrogens with zero attached hydrogens (tertiary/aromatic N) is 1. The summed E-state index contributed by atoms with van der Waals surface area (Å²) in [4.78, 5) is 3.58. The van der Waals surface area contributed by atoms with Gasteiger partial charge in [-0.05, 0) is 36.4 Å². The lowest BCUT2D eigenvalue weighted by Crippen LogP contribution is -1.95. The van der Waals surface area contributed by atoms with Crippen LogP contribution in [0.2, 0.25) is 0 Å². The Balaban J connectivity index is 1.99. The molecule has 2 heterocycles. The Morgan fingerprint density at radius 3 is 3.00 bits per heavy atom. The summed E-state index contributed by atoms with van der Waals surface area (Å²) >= 11 is 0. The SMILES string of the molecule is [2H]C([2H])([2H])Nc1ccc(-c2cc3cc(O)ccc3o2)c([18F])n1. The third kappa shape index (κ3) is 1.99. The molecule has 4 nitrogen and oxygen atoms in total. The normalized spacial score (nSPS) is 13.8. The Bertz CT molecular complexity index is 846. The van der Waals surface area contributed by atoms with Gasteiger partial charge in [-0.3, -0.25) is 0 Å². The van der Waals surface area contributed by atoms with Crippen LogP contribution >= 0.6 is 0 Å². The summed E-state index contributed by atoms with van der Waals surface area (Å²) in [6, 6.07) is 8.85. The number of rotatable bonds is 2. The van der Waals surface area contributed by atoms with Crippen LogP contribution in [0.15, 0.2) is 40.8 Å². The maximum atomic E-state index is 14.1. The number of aromatic hydroxyl groups is 1. The zero-order chi connectivity index (χ0) is 15.9. The molecule has 0 atom stereocenters. The second kappa shape index (κ2) is 4.28. The Morgan fingerprint density at radius 1 is 1.32 bits per heavy atom. The monoisotopic (exact) mass is 260 g/mol. The third-order valence-corrected chi connectivity index (χ3v) is 2.74. The molecule has 0 bridgehead atoms. The molecule has 0 fully saturated rings. The minimum atomic E-state index is -2.45. The van der Waals surface area contributed by atoms with Gasteiger partial charge in [-0.2, -0.15) is 4.39 Å². The average molecular weight is 260 g/mol. The number of hydrogen-bond acceptors (Lipinski definition) is 4. The molecule has 0 aliphatic heterocycles. The molecule has 0 radical (unpaired) electrons. The van der Waals surface area contributed by atoms with Gasteiger partial charge in [0, 0.05) is 16.5 Å². The highest BCUT2D eigenvalue weighted by Crippen LogP contribution is 2.31. The van der Waals surface area contributed by atoms with E-state index in [-0.39, 0.29) is 22.9 Å². The molecular weight excluding hydrogens is 246 g/mol. The molecule has 0 unspecified atom stereocenters. The Morgan fingerprint density at radius 2 is 2.21 bits per heavy atom. The van der Waals surface area contributed by atoms with Gasteiger partial charge in [-0.25, -0.2) is 4.98 Å². The van der Waals surface area contributed by atoms with Gasteiger partial charge in [0.05, 0.1) is 5.56 Å². The minimum Gasteiger partial charge on any atom is -0.508 e. The molecule has 96 valence electrons. The number of aromatic nitrogens is 1. The number of phenols is 1. The van der Waals surface area contributed by atoms with Crippen LogP contribution in [0.25, 0.3) is 22.3 Å². The van der Waals surface area contributed by atoms with E-state index in [0.717, 1.165) is 0 Å². The van der Waals surface area contributed by atoms with Crippen molar-refractivity contribution in [2.24, 2.45) is 0 Å². The van der Waals surface area contributed by atoms with Crippen LogP contribution in [-0.2, 0) is 0 Å². The summed E-state index contributed by atoms with van der Waals surface area (Å²) in [6.07, 6.45) is 0. The molecule has 1 aromatic carbocycles. The van der Waals surface area contributed by atoms with Gasteiger partial charge in [0.2, 0.25) is 5.95 Å². The van der Waals surface area contributed by atoms with Gasteiger partial charge in [-0.15, -0.1) is 0 Å². The first-order chi connectivity index (χ1) is 10.3. The molecule has 5 heteroatoms. The topological polar surface area (TPSA) is 58.3 Å². The van der Waals surface area contributed by atoms with E-state index in [1.165, 1.54) is 24.3 Å². The number of benzene rings is 1. The predicted octanol–water partition coefficient (Wildman–Crippen LogP) is 3.38. The second-order valence-corrected chi connectivity index (χ2v) is 3.99. The van der Waals surface area contributed by atoms with Crippen molar-refractivity contribution < 1.29 is 18.0 Å². The van der Waals surface area contributed by atoms with E-state index >= 15 is 0 Å². The van der Waals surface area contributed by atoms with E-state index in [0.29, 0.717) is 11.0 Å².